The van der Waals surface area contributed by atoms with Gasteiger partial charge in [-0.1, -0.05) is 0 Å². The topological polar surface area (TPSA) is 45.8 Å². The Morgan fingerprint density at radius 3 is 2.71 bits per heavy atom. The molecule has 1 N–H and O–H groups in total. The fraction of sp³-hybridized carbons (Fsp3) is 0. The molecule has 17 heavy (non-hydrogen) atoms. The minimum Gasteiger partial charge on any atom is -0.305 e. The second-order valence-corrected chi connectivity index (χ2v) is 4.47. The van der Waals surface area contributed by atoms with Crippen molar-refractivity contribution in [2.45, 2.75) is 0 Å². The van der Waals surface area contributed by atoms with Crippen molar-refractivity contribution in [1.29, 1.82) is 0 Å². The van der Waals surface area contributed by atoms with Gasteiger partial charge in [-0.15, -0.1) is 11.3 Å². The summed E-state index contributed by atoms with van der Waals surface area (Å²) in [5, 5.41) is 1.82. The predicted octanol–water partition coefficient (Wildman–Crippen LogP) is 2.79. The Bertz CT molecular complexity index is 730. The lowest BCUT2D eigenvalue weighted by atomic mass is 10.2. The number of hydrogen-bond acceptors (Lipinski definition) is 3. The van der Waals surface area contributed by atoms with Crippen molar-refractivity contribution in [3.05, 3.63) is 51.9 Å². The molecule has 0 saturated carbocycles. The summed E-state index contributed by atoms with van der Waals surface area (Å²) in [5.41, 5.74) is 1.19. The molecule has 5 heteroatoms. The largest absolute Gasteiger partial charge is 0.305 e. The monoisotopic (exact) mass is 246 g/mol. The summed E-state index contributed by atoms with van der Waals surface area (Å²) < 4.78 is 13.4. The molecule has 0 spiro atoms. The van der Waals surface area contributed by atoms with E-state index in [9.17, 15) is 9.18 Å². The molecule has 0 saturated heterocycles. The number of rotatable bonds is 1. The highest BCUT2D eigenvalue weighted by atomic mass is 32.1. The molecule has 3 nitrogen and oxygen atoms in total. The summed E-state index contributed by atoms with van der Waals surface area (Å²) in [6, 6.07) is 7.65. The summed E-state index contributed by atoms with van der Waals surface area (Å²) in [7, 11) is 0. The number of aromatic nitrogens is 2. The molecule has 0 radical (unpaired) electrons. The predicted molar refractivity (Wildman–Crippen MR) is 65.6 cm³/mol. The maximum absolute atomic E-state index is 12.8. The maximum Gasteiger partial charge on any atom is 0.269 e. The van der Waals surface area contributed by atoms with Gasteiger partial charge in [-0.3, -0.25) is 4.79 Å². The van der Waals surface area contributed by atoms with Crippen LogP contribution < -0.4 is 5.56 Å². The minimum atomic E-state index is -0.312. The van der Waals surface area contributed by atoms with Crippen molar-refractivity contribution in [3.63, 3.8) is 0 Å². The van der Waals surface area contributed by atoms with E-state index in [1.807, 2.05) is 5.38 Å². The van der Waals surface area contributed by atoms with E-state index >= 15 is 0 Å². The number of benzene rings is 1. The van der Waals surface area contributed by atoms with Gasteiger partial charge < -0.3 is 4.98 Å². The summed E-state index contributed by atoms with van der Waals surface area (Å²) in [6.45, 7) is 0. The highest BCUT2D eigenvalue weighted by Crippen LogP contribution is 2.19. The van der Waals surface area contributed by atoms with Crippen molar-refractivity contribution in [2.75, 3.05) is 0 Å². The first kappa shape index (κ1) is 10.2. The standard InChI is InChI=1S/C12H7FN2OS/c13-8-3-1-7(2-4-8)11-14-9-5-6-17-10(9)12(16)15-11/h1-6H,(H,14,15,16). The Hall–Kier alpha value is -2.01. The first-order valence-corrected chi connectivity index (χ1v) is 5.85. The Labute approximate surface area is 99.6 Å². The maximum atomic E-state index is 12.8. The van der Waals surface area contributed by atoms with Gasteiger partial charge in [-0.05, 0) is 35.7 Å². The van der Waals surface area contributed by atoms with Crippen LogP contribution in [0.5, 0.6) is 0 Å². The van der Waals surface area contributed by atoms with Crippen molar-refractivity contribution in [1.82, 2.24) is 9.97 Å². The van der Waals surface area contributed by atoms with E-state index in [2.05, 4.69) is 9.97 Å². The van der Waals surface area contributed by atoms with Crippen LogP contribution in [0.1, 0.15) is 0 Å². The zero-order chi connectivity index (χ0) is 11.8. The van der Waals surface area contributed by atoms with Gasteiger partial charge in [0, 0.05) is 5.56 Å². The fourth-order valence-electron chi connectivity index (χ4n) is 1.62. The molecule has 0 aliphatic rings. The molecule has 0 unspecified atom stereocenters. The molecule has 0 atom stereocenters. The molecule has 0 amide bonds. The number of fused-ring (bicyclic) bond motifs is 1. The van der Waals surface area contributed by atoms with Crippen LogP contribution in [-0.2, 0) is 0 Å². The first-order valence-electron chi connectivity index (χ1n) is 4.97. The molecule has 0 fully saturated rings. The summed E-state index contributed by atoms with van der Waals surface area (Å²) in [5.74, 6) is 0.147. The van der Waals surface area contributed by atoms with Crippen LogP contribution in [0.2, 0.25) is 0 Å². The second kappa shape index (κ2) is 3.78. The third kappa shape index (κ3) is 1.74. The third-order valence-corrected chi connectivity index (χ3v) is 3.33. The highest BCUT2D eigenvalue weighted by Gasteiger charge is 2.06. The number of nitrogens with zero attached hydrogens (tertiary/aromatic N) is 1. The molecule has 0 aliphatic heterocycles. The lowest BCUT2D eigenvalue weighted by molar-refractivity contribution is 0.628. The van der Waals surface area contributed by atoms with Crippen molar-refractivity contribution in [2.24, 2.45) is 0 Å². The lowest BCUT2D eigenvalue weighted by Crippen LogP contribution is -2.07. The SMILES string of the molecule is O=c1[nH]c(-c2ccc(F)cc2)nc2ccsc12. The molecule has 0 bridgehead atoms. The average molecular weight is 246 g/mol. The van der Waals surface area contributed by atoms with Gasteiger partial charge in [0.15, 0.2) is 0 Å². The number of H-pyrrole nitrogens is 1. The highest BCUT2D eigenvalue weighted by molar-refractivity contribution is 7.17. The molecule has 2 heterocycles. The zero-order valence-corrected chi connectivity index (χ0v) is 9.42. The zero-order valence-electron chi connectivity index (χ0n) is 8.61. The second-order valence-electron chi connectivity index (χ2n) is 3.56. The van der Waals surface area contributed by atoms with Gasteiger partial charge in [0.1, 0.15) is 16.3 Å². The summed E-state index contributed by atoms with van der Waals surface area (Å²) in [4.78, 5) is 18.8. The third-order valence-electron chi connectivity index (χ3n) is 2.43. The van der Waals surface area contributed by atoms with E-state index in [4.69, 9.17) is 0 Å². The van der Waals surface area contributed by atoms with E-state index < -0.39 is 0 Å². The molecule has 2 aromatic heterocycles. The molecule has 3 rings (SSSR count). The van der Waals surface area contributed by atoms with Gasteiger partial charge in [0.05, 0.1) is 5.52 Å². The molecule has 84 valence electrons. The Kier molecular flexibility index (Phi) is 2.26. The van der Waals surface area contributed by atoms with Crippen LogP contribution in [0.15, 0.2) is 40.5 Å². The molecular weight excluding hydrogens is 239 g/mol. The number of aromatic amines is 1. The Morgan fingerprint density at radius 1 is 1.18 bits per heavy atom. The number of thiophene rings is 1. The van der Waals surface area contributed by atoms with Crippen LogP contribution >= 0.6 is 11.3 Å². The fourth-order valence-corrected chi connectivity index (χ4v) is 2.34. The molecule has 1 aromatic carbocycles. The first-order chi connectivity index (χ1) is 8.24. The number of halogens is 1. The van der Waals surface area contributed by atoms with Crippen LogP contribution in [0.25, 0.3) is 21.6 Å². The van der Waals surface area contributed by atoms with Crippen molar-refractivity contribution < 1.29 is 4.39 Å². The van der Waals surface area contributed by atoms with E-state index in [0.717, 1.165) is 0 Å². The molecular formula is C12H7FN2OS. The van der Waals surface area contributed by atoms with Gasteiger partial charge in [-0.2, -0.15) is 0 Å². The van der Waals surface area contributed by atoms with Crippen LogP contribution in [0, 0.1) is 5.82 Å². The van der Waals surface area contributed by atoms with Crippen LogP contribution in [0.3, 0.4) is 0 Å². The quantitative estimate of drug-likeness (QED) is 0.717. The molecule has 3 aromatic rings. The van der Waals surface area contributed by atoms with E-state index in [1.165, 1.54) is 23.5 Å². The Morgan fingerprint density at radius 2 is 1.94 bits per heavy atom. The smallest absolute Gasteiger partial charge is 0.269 e. The normalized spacial score (nSPS) is 10.9. The van der Waals surface area contributed by atoms with Gasteiger partial charge in [0.2, 0.25) is 0 Å². The number of hydrogen-bond donors (Lipinski definition) is 1. The van der Waals surface area contributed by atoms with Gasteiger partial charge in [-0.25, -0.2) is 9.37 Å². The van der Waals surface area contributed by atoms with E-state index in [-0.39, 0.29) is 11.4 Å². The average Bonchev–Trinajstić information content (AvgIpc) is 2.78. The van der Waals surface area contributed by atoms with Gasteiger partial charge >= 0.3 is 0 Å². The van der Waals surface area contributed by atoms with E-state index in [1.54, 1.807) is 18.2 Å². The van der Waals surface area contributed by atoms with E-state index in [0.29, 0.717) is 21.6 Å². The van der Waals surface area contributed by atoms with Crippen LogP contribution in [-0.4, -0.2) is 9.97 Å². The lowest BCUT2D eigenvalue weighted by Gasteiger charge is -2.00. The summed E-state index contributed by atoms with van der Waals surface area (Å²) >= 11 is 1.35. The number of nitrogens with one attached hydrogen (secondary N) is 1. The van der Waals surface area contributed by atoms with Crippen LogP contribution in [0.4, 0.5) is 4.39 Å². The molecule has 0 aliphatic carbocycles. The van der Waals surface area contributed by atoms with Crippen molar-refractivity contribution in [3.8, 4) is 11.4 Å². The Balaban J connectivity index is 2.23. The summed E-state index contributed by atoms with van der Waals surface area (Å²) in [6.07, 6.45) is 0. The van der Waals surface area contributed by atoms with Gasteiger partial charge in [0.25, 0.3) is 5.56 Å². The van der Waals surface area contributed by atoms with Crippen molar-refractivity contribution >= 4 is 21.6 Å². The minimum absolute atomic E-state index is 0.163.